The van der Waals surface area contributed by atoms with Gasteiger partial charge in [0.2, 0.25) is 0 Å². The van der Waals surface area contributed by atoms with Crippen molar-refractivity contribution < 1.29 is 4.74 Å². The van der Waals surface area contributed by atoms with Gasteiger partial charge in [-0.25, -0.2) is 0 Å². The van der Waals surface area contributed by atoms with Crippen LogP contribution in [0.2, 0.25) is 0 Å². The molecule has 2 rings (SSSR count). The summed E-state index contributed by atoms with van der Waals surface area (Å²) in [5, 5.41) is 11.4. The summed E-state index contributed by atoms with van der Waals surface area (Å²) in [5.74, 6) is 0. The van der Waals surface area contributed by atoms with E-state index in [0.29, 0.717) is 0 Å². The van der Waals surface area contributed by atoms with Gasteiger partial charge in [-0.2, -0.15) is 0 Å². The van der Waals surface area contributed by atoms with Gasteiger partial charge in [0.1, 0.15) is 0 Å². The number of hydrogen-bond donors (Lipinski definition) is 1. The summed E-state index contributed by atoms with van der Waals surface area (Å²) in [5.41, 5.74) is 0.790. The van der Waals surface area contributed by atoms with Crippen LogP contribution >= 0.6 is 0 Å². The largest absolute Gasteiger partial charge is 0.367 e. The Kier molecular flexibility index (Phi) is 4.46. The van der Waals surface area contributed by atoms with E-state index in [4.69, 9.17) is 4.74 Å². The quantitative estimate of drug-likeness (QED) is 0.868. The summed E-state index contributed by atoms with van der Waals surface area (Å²) in [6.07, 6.45) is 2.01. The highest BCUT2D eigenvalue weighted by Gasteiger charge is 2.37. The molecule has 1 aliphatic heterocycles. The molecule has 0 amide bonds. The van der Waals surface area contributed by atoms with E-state index >= 15 is 0 Å². The topological polar surface area (TPSA) is 55.2 Å². The van der Waals surface area contributed by atoms with Gasteiger partial charge in [0.15, 0.2) is 0 Å². The molecule has 0 saturated carbocycles. The summed E-state index contributed by atoms with van der Waals surface area (Å²) < 4.78 is 8.01. The van der Waals surface area contributed by atoms with Crippen LogP contribution in [-0.2, 0) is 17.8 Å². The fourth-order valence-electron chi connectivity index (χ4n) is 3.06. The molecule has 0 unspecified atom stereocenters. The fraction of sp³-hybridized carbons (Fsp3) is 0.857. The van der Waals surface area contributed by atoms with Crippen LogP contribution in [0.1, 0.15) is 33.4 Å². The predicted molar refractivity (Wildman–Crippen MR) is 78.5 cm³/mol. The highest BCUT2D eigenvalue weighted by atomic mass is 16.5. The lowest BCUT2D eigenvalue weighted by atomic mass is 9.99. The summed E-state index contributed by atoms with van der Waals surface area (Å²) in [4.78, 5) is 2.45. The Morgan fingerprint density at radius 2 is 1.85 bits per heavy atom. The van der Waals surface area contributed by atoms with Gasteiger partial charge in [-0.3, -0.25) is 9.58 Å². The van der Waals surface area contributed by atoms with Crippen LogP contribution in [-0.4, -0.2) is 57.8 Å². The van der Waals surface area contributed by atoms with Crippen LogP contribution in [0.4, 0.5) is 0 Å². The lowest BCUT2D eigenvalue weighted by molar-refractivity contribution is -0.180. The summed E-state index contributed by atoms with van der Waals surface area (Å²) in [6.45, 7) is 13.1. The van der Waals surface area contributed by atoms with Gasteiger partial charge in [0.25, 0.3) is 0 Å². The molecule has 0 atom stereocenters. The van der Waals surface area contributed by atoms with Gasteiger partial charge >= 0.3 is 0 Å². The zero-order valence-corrected chi connectivity index (χ0v) is 13.3. The third-order valence-corrected chi connectivity index (χ3v) is 3.35. The maximum Gasteiger partial charge on any atom is 0.0964 e. The Morgan fingerprint density at radius 3 is 2.45 bits per heavy atom. The lowest BCUT2D eigenvalue weighted by Gasteiger charge is -2.47. The summed E-state index contributed by atoms with van der Waals surface area (Å²) in [6, 6.07) is 0. The number of hydrogen-bond acceptors (Lipinski definition) is 5. The molecule has 6 heteroatoms. The molecule has 1 saturated heterocycles. The third-order valence-electron chi connectivity index (χ3n) is 3.35. The van der Waals surface area contributed by atoms with E-state index < -0.39 is 0 Å². The van der Waals surface area contributed by atoms with Crippen molar-refractivity contribution in [2.75, 3.05) is 26.7 Å². The molecule has 1 aromatic rings. The van der Waals surface area contributed by atoms with E-state index in [9.17, 15) is 0 Å². The van der Waals surface area contributed by atoms with Crippen molar-refractivity contribution in [3.05, 3.63) is 11.9 Å². The van der Waals surface area contributed by atoms with E-state index in [0.717, 1.165) is 38.4 Å². The smallest absolute Gasteiger partial charge is 0.0964 e. The predicted octanol–water partition coefficient (Wildman–Crippen LogP) is 0.887. The van der Waals surface area contributed by atoms with Crippen molar-refractivity contribution >= 4 is 0 Å². The van der Waals surface area contributed by atoms with E-state index in [1.165, 1.54) is 0 Å². The Hall–Kier alpha value is -0.980. The first-order chi connectivity index (χ1) is 9.30. The normalized spacial score (nSPS) is 22.1. The van der Waals surface area contributed by atoms with Gasteiger partial charge in [-0.05, 0) is 34.7 Å². The van der Waals surface area contributed by atoms with Crippen LogP contribution in [0.25, 0.3) is 0 Å². The molecule has 2 heterocycles. The minimum Gasteiger partial charge on any atom is -0.367 e. The van der Waals surface area contributed by atoms with Crippen molar-refractivity contribution in [2.24, 2.45) is 0 Å². The molecular formula is C14H27N5O. The number of morpholine rings is 1. The van der Waals surface area contributed by atoms with Gasteiger partial charge in [-0.15, -0.1) is 5.10 Å². The zero-order chi connectivity index (χ0) is 14.8. The first kappa shape index (κ1) is 15.4. The Bertz CT molecular complexity index is 425. The van der Waals surface area contributed by atoms with E-state index in [1.54, 1.807) is 0 Å². The molecule has 6 nitrogen and oxygen atoms in total. The van der Waals surface area contributed by atoms with Crippen LogP contribution < -0.4 is 5.32 Å². The maximum absolute atomic E-state index is 6.09. The summed E-state index contributed by atoms with van der Waals surface area (Å²) >= 11 is 0. The van der Waals surface area contributed by atoms with Gasteiger partial charge in [0.05, 0.1) is 23.4 Å². The molecule has 114 valence electrons. The fourth-order valence-corrected chi connectivity index (χ4v) is 3.06. The van der Waals surface area contributed by atoms with Crippen molar-refractivity contribution in [3.8, 4) is 0 Å². The average molecular weight is 281 g/mol. The van der Waals surface area contributed by atoms with Crippen LogP contribution in [0.15, 0.2) is 6.20 Å². The highest BCUT2D eigenvalue weighted by molar-refractivity contribution is 4.92. The number of aromatic nitrogens is 3. The maximum atomic E-state index is 6.09. The van der Waals surface area contributed by atoms with E-state index in [-0.39, 0.29) is 11.2 Å². The molecule has 0 aromatic carbocycles. The minimum absolute atomic E-state index is 0.0958. The van der Waals surface area contributed by atoms with E-state index in [1.807, 2.05) is 17.9 Å². The minimum atomic E-state index is -0.0958. The van der Waals surface area contributed by atoms with Crippen molar-refractivity contribution in [1.29, 1.82) is 0 Å². The van der Waals surface area contributed by atoms with Crippen molar-refractivity contribution in [3.63, 3.8) is 0 Å². The lowest BCUT2D eigenvalue weighted by Crippen LogP contribution is -2.57. The van der Waals surface area contributed by atoms with Gasteiger partial charge < -0.3 is 10.1 Å². The number of nitrogens with one attached hydrogen (secondary N) is 1. The van der Waals surface area contributed by atoms with Crippen LogP contribution in [0.5, 0.6) is 0 Å². The molecule has 0 spiro atoms. The second-order valence-electron chi connectivity index (χ2n) is 6.84. The SMILES string of the molecule is CNCc1cn(CCN2CC(C)(C)OC(C)(C)C2)nn1. The Balaban J connectivity index is 1.89. The number of nitrogens with zero attached hydrogens (tertiary/aromatic N) is 4. The molecule has 0 radical (unpaired) electrons. The first-order valence-corrected chi connectivity index (χ1v) is 7.26. The van der Waals surface area contributed by atoms with Crippen LogP contribution in [0.3, 0.4) is 0 Å². The number of rotatable bonds is 5. The average Bonchev–Trinajstić information content (AvgIpc) is 2.70. The van der Waals surface area contributed by atoms with Gasteiger partial charge in [-0.1, -0.05) is 5.21 Å². The third kappa shape index (κ3) is 4.26. The second-order valence-corrected chi connectivity index (χ2v) is 6.84. The molecule has 1 aromatic heterocycles. The molecule has 0 aliphatic carbocycles. The van der Waals surface area contributed by atoms with Crippen LogP contribution in [0, 0.1) is 0 Å². The standard InChI is InChI=1S/C14H27N5O/c1-13(2)10-18(11-14(3,4)20-13)6-7-19-9-12(8-15-5)16-17-19/h9,15H,6-8,10-11H2,1-5H3. The monoisotopic (exact) mass is 281 g/mol. The Labute approximate surface area is 121 Å². The Morgan fingerprint density at radius 1 is 1.20 bits per heavy atom. The number of ether oxygens (including phenoxy) is 1. The van der Waals surface area contributed by atoms with E-state index in [2.05, 4.69) is 48.2 Å². The molecule has 1 N–H and O–H groups in total. The molecule has 20 heavy (non-hydrogen) atoms. The van der Waals surface area contributed by atoms with Crippen molar-refractivity contribution in [1.82, 2.24) is 25.2 Å². The van der Waals surface area contributed by atoms with Crippen molar-refractivity contribution in [2.45, 2.75) is 52.0 Å². The molecular weight excluding hydrogens is 254 g/mol. The second kappa shape index (κ2) is 5.79. The molecule has 1 fully saturated rings. The zero-order valence-electron chi connectivity index (χ0n) is 13.3. The summed E-state index contributed by atoms with van der Waals surface area (Å²) in [7, 11) is 1.91. The molecule has 1 aliphatic rings. The first-order valence-electron chi connectivity index (χ1n) is 7.26. The van der Waals surface area contributed by atoms with Gasteiger partial charge in [0, 0.05) is 32.4 Å². The molecule has 0 bridgehead atoms. The highest BCUT2D eigenvalue weighted by Crippen LogP contribution is 2.27.